The van der Waals surface area contributed by atoms with E-state index in [9.17, 15) is 9.90 Å². The van der Waals surface area contributed by atoms with E-state index in [2.05, 4.69) is 53.8 Å². The largest absolute Gasteiger partial charge is 0.459 e. The van der Waals surface area contributed by atoms with Gasteiger partial charge in [-0.15, -0.1) is 24.0 Å². The first-order valence-electron chi connectivity index (χ1n) is 10.9. The molecule has 0 aliphatic heterocycles. The van der Waals surface area contributed by atoms with Gasteiger partial charge in [0.05, 0.1) is 18.9 Å². The summed E-state index contributed by atoms with van der Waals surface area (Å²) in [5.74, 6) is 0.789. The van der Waals surface area contributed by atoms with Crippen LogP contribution in [0.15, 0.2) is 46.0 Å². The van der Waals surface area contributed by atoms with E-state index in [-0.39, 0.29) is 41.8 Å². The molecule has 0 saturated carbocycles. The van der Waals surface area contributed by atoms with Crippen LogP contribution in [0.2, 0.25) is 0 Å². The summed E-state index contributed by atoms with van der Waals surface area (Å²) in [5.41, 5.74) is 2.99. The summed E-state index contributed by atoms with van der Waals surface area (Å²) < 4.78 is 5.19. The zero-order valence-corrected chi connectivity index (χ0v) is 22.0. The summed E-state index contributed by atoms with van der Waals surface area (Å²) in [4.78, 5) is 16.5. The fourth-order valence-electron chi connectivity index (χ4n) is 3.01. The third-order valence-electron chi connectivity index (χ3n) is 4.93. The van der Waals surface area contributed by atoms with Crippen LogP contribution in [-0.4, -0.2) is 43.2 Å². The van der Waals surface area contributed by atoms with Gasteiger partial charge in [0.15, 0.2) is 11.7 Å². The molecule has 0 fully saturated rings. The summed E-state index contributed by atoms with van der Waals surface area (Å²) in [5, 5.41) is 19.7. The van der Waals surface area contributed by atoms with Crippen molar-refractivity contribution in [2.45, 2.75) is 52.6 Å². The quantitative estimate of drug-likeness (QED) is 0.163. The maximum atomic E-state index is 12.0. The van der Waals surface area contributed by atoms with E-state index in [4.69, 9.17) is 4.42 Å². The van der Waals surface area contributed by atoms with E-state index >= 15 is 0 Å². The zero-order chi connectivity index (χ0) is 22.9. The summed E-state index contributed by atoms with van der Waals surface area (Å²) in [6.07, 6.45) is 1.57. The summed E-state index contributed by atoms with van der Waals surface area (Å²) in [7, 11) is 0. The molecule has 0 radical (unpaired) electrons. The highest BCUT2D eigenvalue weighted by Gasteiger charge is 2.15. The smallest absolute Gasteiger partial charge is 0.287 e. The molecule has 2 rings (SSSR count). The molecule has 0 aliphatic carbocycles. The highest BCUT2D eigenvalue weighted by molar-refractivity contribution is 14.0. The Balaban J connectivity index is 0.00000512. The number of nitrogens with one attached hydrogen (secondary N) is 3. The number of furan rings is 1. The molecule has 178 valence electrons. The SMILES string of the molecule is CCNC(=NCC(O)c1ccc(C(C)(C)C)cc1)NCCCNC(=O)c1occc1C.I. The number of nitrogens with zero attached hydrogens (tertiary/aromatic N) is 1. The summed E-state index contributed by atoms with van der Waals surface area (Å²) >= 11 is 0. The van der Waals surface area contributed by atoms with Gasteiger partial charge in [-0.25, -0.2) is 0 Å². The lowest BCUT2D eigenvalue weighted by atomic mass is 9.86. The van der Waals surface area contributed by atoms with Crippen molar-refractivity contribution in [2.24, 2.45) is 4.99 Å². The molecule has 0 bridgehead atoms. The van der Waals surface area contributed by atoms with Crippen molar-refractivity contribution < 1.29 is 14.3 Å². The topological polar surface area (TPSA) is 98.9 Å². The third-order valence-corrected chi connectivity index (χ3v) is 4.93. The fraction of sp³-hybridized carbons (Fsp3) is 0.500. The van der Waals surface area contributed by atoms with Crippen LogP contribution in [0.1, 0.15) is 67.5 Å². The Kier molecular flexibility index (Phi) is 11.8. The molecule has 1 amide bonds. The summed E-state index contributed by atoms with van der Waals surface area (Å²) in [6.45, 7) is 12.5. The van der Waals surface area contributed by atoms with E-state index in [0.717, 1.165) is 24.1 Å². The maximum Gasteiger partial charge on any atom is 0.287 e. The van der Waals surface area contributed by atoms with Gasteiger partial charge in [0.1, 0.15) is 0 Å². The Labute approximate surface area is 208 Å². The maximum absolute atomic E-state index is 12.0. The van der Waals surface area contributed by atoms with E-state index in [1.807, 2.05) is 26.0 Å². The second-order valence-corrected chi connectivity index (χ2v) is 8.58. The molecule has 1 atom stereocenters. The molecule has 0 aliphatic rings. The van der Waals surface area contributed by atoms with E-state index in [0.29, 0.717) is 24.8 Å². The first-order valence-corrected chi connectivity index (χ1v) is 10.9. The predicted octanol–water partition coefficient (Wildman–Crippen LogP) is 3.91. The van der Waals surface area contributed by atoms with Crippen molar-refractivity contribution >= 4 is 35.8 Å². The van der Waals surface area contributed by atoms with Gasteiger partial charge in [-0.3, -0.25) is 9.79 Å². The molecule has 32 heavy (non-hydrogen) atoms. The third kappa shape index (κ3) is 8.82. The Morgan fingerprint density at radius 3 is 2.31 bits per heavy atom. The van der Waals surface area contributed by atoms with Gasteiger partial charge in [0.2, 0.25) is 0 Å². The van der Waals surface area contributed by atoms with Crippen LogP contribution < -0.4 is 16.0 Å². The minimum Gasteiger partial charge on any atom is -0.459 e. The highest BCUT2D eigenvalue weighted by atomic mass is 127. The molecular weight excluding hydrogens is 519 g/mol. The molecule has 1 unspecified atom stereocenters. The lowest BCUT2D eigenvalue weighted by Crippen LogP contribution is -2.39. The number of aliphatic hydroxyl groups is 1. The molecule has 4 N–H and O–H groups in total. The normalized spacial score (nSPS) is 12.6. The number of carbonyl (C=O) groups is 1. The van der Waals surface area contributed by atoms with Gasteiger partial charge in [-0.2, -0.15) is 0 Å². The van der Waals surface area contributed by atoms with E-state index in [1.165, 1.54) is 11.8 Å². The number of hydrogen-bond donors (Lipinski definition) is 4. The van der Waals surface area contributed by atoms with Crippen molar-refractivity contribution in [1.29, 1.82) is 0 Å². The van der Waals surface area contributed by atoms with Gasteiger partial charge in [-0.1, -0.05) is 45.0 Å². The second kappa shape index (κ2) is 13.5. The van der Waals surface area contributed by atoms with Crippen LogP contribution >= 0.6 is 24.0 Å². The van der Waals surface area contributed by atoms with Crippen molar-refractivity contribution in [3.05, 3.63) is 59.0 Å². The molecule has 1 heterocycles. The number of hydrogen-bond acceptors (Lipinski definition) is 4. The molecule has 0 spiro atoms. The number of halogens is 1. The van der Waals surface area contributed by atoms with Crippen molar-refractivity contribution in [2.75, 3.05) is 26.2 Å². The van der Waals surface area contributed by atoms with Crippen LogP contribution in [0.5, 0.6) is 0 Å². The van der Waals surface area contributed by atoms with Gasteiger partial charge in [-0.05, 0) is 42.9 Å². The number of benzene rings is 1. The van der Waals surface area contributed by atoms with Crippen LogP contribution in [-0.2, 0) is 5.41 Å². The molecular formula is C24H37IN4O3. The minimum absolute atomic E-state index is 0. The van der Waals surface area contributed by atoms with Crippen molar-refractivity contribution in [3.8, 4) is 0 Å². The number of carbonyl (C=O) groups excluding carboxylic acids is 1. The second-order valence-electron chi connectivity index (χ2n) is 8.58. The Morgan fingerprint density at radius 1 is 1.09 bits per heavy atom. The monoisotopic (exact) mass is 556 g/mol. The Morgan fingerprint density at radius 2 is 1.75 bits per heavy atom. The zero-order valence-electron chi connectivity index (χ0n) is 19.7. The van der Waals surface area contributed by atoms with Crippen LogP contribution in [0.4, 0.5) is 0 Å². The molecule has 2 aromatic rings. The highest BCUT2D eigenvalue weighted by Crippen LogP contribution is 2.24. The predicted molar refractivity (Wildman–Crippen MR) is 140 cm³/mol. The van der Waals surface area contributed by atoms with Crippen LogP contribution in [0, 0.1) is 6.92 Å². The average molecular weight is 556 g/mol. The lowest BCUT2D eigenvalue weighted by Gasteiger charge is -2.20. The lowest BCUT2D eigenvalue weighted by molar-refractivity contribution is 0.0925. The van der Waals surface area contributed by atoms with Crippen LogP contribution in [0.25, 0.3) is 0 Å². The minimum atomic E-state index is -0.666. The van der Waals surface area contributed by atoms with Crippen LogP contribution in [0.3, 0.4) is 0 Å². The van der Waals surface area contributed by atoms with Gasteiger partial charge in [0.25, 0.3) is 5.91 Å². The first kappa shape index (κ1) is 28.0. The number of amides is 1. The van der Waals surface area contributed by atoms with E-state index < -0.39 is 6.10 Å². The number of guanidine groups is 1. The molecule has 0 saturated heterocycles. The van der Waals surface area contributed by atoms with Crippen molar-refractivity contribution in [1.82, 2.24) is 16.0 Å². The first-order chi connectivity index (χ1) is 14.7. The van der Waals surface area contributed by atoms with Crippen molar-refractivity contribution in [3.63, 3.8) is 0 Å². The van der Waals surface area contributed by atoms with E-state index in [1.54, 1.807) is 6.07 Å². The van der Waals surface area contributed by atoms with Gasteiger partial charge in [0, 0.05) is 25.2 Å². The molecule has 8 heteroatoms. The Bertz CT molecular complexity index is 857. The van der Waals surface area contributed by atoms with Gasteiger partial charge >= 0.3 is 0 Å². The number of rotatable bonds is 9. The number of aliphatic imine (C=N–C) groups is 1. The number of aryl methyl sites for hydroxylation is 1. The number of aliphatic hydroxyl groups excluding tert-OH is 1. The molecule has 1 aromatic carbocycles. The standard InChI is InChI=1S/C24H36N4O3.HI/c1-6-25-23(27-14-7-13-26-22(30)21-17(2)12-15-31-21)28-16-20(29)18-8-10-19(11-9-18)24(3,4)5;/h8-12,15,20,29H,6-7,13-14,16H2,1-5H3,(H,26,30)(H2,25,27,28);1H. The molecule has 1 aromatic heterocycles. The fourth-order valence-corrected chi connectivity index (χ4v) is 3.01. The molecule has 7 nitrogen and oxygen atoms in total. The Hall–Kier alpha value is -2.07. The summed E-state index contributed by atoms with van der Waals surface area (Å²) in [6, 6.07) is 9.81. The van der Waals surface area contributed by atoms with Gasteiger partial charge < -0.3 is 25.5 Å². The average Bonchev–Trinajstić information content (AvgIpc) is 3.16.